The summed E-state index contributed by atoms with van der Waals surface area (Å²) in [5.74, 6) is -1.21. The van der Waals surface area contributed by atoms with Crippen molar-refractivity contribution in [2.24, 2.45) is 0 Å². The molecule has 0 aromatic heterocycles. The van der Waals surface area contributed by atoms with Crippen LogP contribution in [-0.4, -0.2) is 49.5 Å². The Morgan fingerprint density at radius 1 is 0.763 bits per heavy atom. The van der Waals surface area contributed by atoms with E-state index in [9.17, 15) is 35.4 Å². The van der Waals surface area contributed by atoms with Gasteiger partial charge in [-0.15, -0.1) is 0 Å². The van der Waals surface area contributed by atoms with E-state index < -0.39 is 43.7 Å². The number of phenols is 1. The number of fused-ring (bicyclic) bond motifs is 3. The molecule has 12 nitrogen and oxygen atoms in total. The van der Waals surface area contributed by atoms with E-state index in [0.29, 0.717) is 18.7 Å². The molecule has 1 unspecified atom stereocenters. The number of phenolic OH excluding ortho intramolecular Hbond substituents is 1. The standard InChI is InChI=1S/C20H23NO.C6H3N3O7/c1-3-21(4-2)14-20(22)19-13-15-9-5-6-10-16(15)17-11-7-8-12-18(17)19;10-6-4(8(13)14)1-3(7(11)12)2-5(6)9(15)16/h5-13,20,22H,3-4,14H2,1-2H3;1-2,10H. The van der Waals surface area contributed by atoms with Crippen molar-refractivity contribution in [3.8, 4) is 5.75 Å². The second-order valence-electron chi connectivity index (χ2n) is 8.34. The lowest BCUT2D eigenvalue weighted by molar-refractivity contribution is -0.404. The lowest BCUT2D eigenvalue weighted by Gasteiger charge is -2.23. The molecule has 4 rings (SSSR count). The van der Waals surface area contributed by atoms with Crippen molar-refractivity contribution < 1.29 is 25.0 Å². The molecule has 1 atom stereocenters. The first-order valence-corrected chi connectivity index (χ1v) is 11.7. The number of rotatable bonds is 8. The Balaban J connectivity index is 0.000000223. The molecule has 0 radical (unpaired) electrons. The highest BCUT2D eigenvalue weighted by molar-refractivity contribution is 6.09. The van der Waals surface area contributed by atoms with Crippen molar-refractivity contribution in [1.82, 2.24) is 4.90 Å². The number of aliphatic hydroxyl groups is 1. The molecule has 0 aliphatic heterocycles. The number of nitro groups is 3. The molecule has 4 aromatic carbocycles. The minimum absolute atomic E-state index is 0.447. The number of benzene rings is 4. The van der Waals surface area contributed by atoms with Gasteiger partial charge in [0.1, 0.15) is 0 Å². The smallest absolute Gasteiger partial charge is 0.324 e. The van der Waals surface area contributed by atoms with E-state index >= 15 is 0 Å². The van der Waals surface area contributed by atoms with Crippen molar-refractivity contribution in [2.75, 3.05) is 19.6 Å². The normalized spacial score (nSPS) is 11.7. The van der Waals surface area contributed by atoms with Gasteiger partial charge in [-0.1, -0.05) is 62.4 Å². The van der Waals surface area contributed by atoms with E-state index in [0.717, 1.165) is 24.0 Å². The summed E-state index contributed by atoms with van der Waals surface area (Å²) in [6, 6.07) is 19.8. The molecule has 0 fully saturated rings. The maximum absolute atomic E-state index is 10.8. The van der Waals surface area contributed by atoms with Gasteiger partial charge in [0.25, 0.3) is 11.4 Å². The van der Waals surface area contributed by atoms with Gasteiger partial charge in [0.2, 0.25) is 0 Å². The Kier molecular flexibility index (Phi) is 8.84. The summed E-state index contributed by atoms with van der Waals surface area (Å²) in [6.45, 7) is 6.86. The highest BCUT2D eigenvalue weighted by Gasteiger charge is 2.30. The van der Waals surface area contributed by atoms with Gasteiger partial charge < -0.3 is 15.1 Å². The topological polar surface area (TPSA) is 173 Å². The zero-order chi connectivity index (χ0) is 28.0. The van der Waals surface area contributed by atoms with Crippen LogP contribution in [0.5, 0.6) is 5.75 Å². The minimum atomic E-state index is -1.21. The summed E-state index contributed by atoms with van der Waals surface area (Å²) in [4.78, 5) is 30.0. The van der Waals surface area contributed by atoms with E-state index in [1.807, 2.05) is 6.07 Å². The third-order valence-electron chi connectivity index (χ3n) is 6.14. The number of hydrogen-bond acceptors (Lipinski definition) is 9. The number of nitro benzene ring substituents is 3. The average Bonchev–Trinajstić information content (AvgIpc) is 2.91. The maximum Gasteiger partial charge on any atom is 0.324 e. The number of aromatic hydroxyl groups is 1. The highest BCUT2D eigenvalue weighted by Crippen LogP contribution is 2.39. The Morgan fingerprint density at radius 2 is 1.26 bits per heavy atom. The monoisotopic (exact) mass is 522 g/mol. The predicted octanol–water partition coefficient (Wildman–Crippen LogP) is 5.49. The van der Waals surface area contributed by atoms with E-state index in [1.54, 1.807) is 0 Å². The Labute approximate surface area is 216 Å². The molecule has 0 aliphatic rings. The average molecular weight is 523 g/mol. The summed E-state index contributed by atoms with van der Waals surface area (Å²) >= 11 is 0. The Bertz CT molecular complexity index is 1470. The maximum atomic E-state index is 10.8. The first-order chi connectivity index (χ1) is 18.1. The third kappa shape index (κ3) is 5.99. The van der Waals surface area contributed by atoms with Crippen molar-refractivity contribution >= 4 is 38.6 Å². The van der Waals surface area contributed by atoms with Gasteiger partial charge in [0.15, 0.2) is 0 Å². The molecule has 0 bridgehead atoms. The molecule has 0 saturated carbocycles. The van der Waals surface area contributed by atoms with Gasteiger partial charge in [-0.2, -0.15) is 0 Å². The van der Waals surface area contributed by atoms with Crippen molar-refractivity contribution in [1.29, 1.82) is 0 Å². The summed E-state index contributed by atoms with van der Waals surface area (Å²) in [6.07, 6.45) is -0.464. The van der Waals surface area contributed by atoms with Crippen LogP contribution >= 0.6 is 0 Å². The SMILES string of the molecule is CCN(CC)CC(O)c1cc2ccccc2c2ccccc12.O=[N+]([O-])c1cc([N+](=O)[O-])c(O)c([N+](=O)[O-])c1. The Morgan fingerprint density at radius 3 is 1.76 bits per heavy atom. The highest BCUT2D eigenvalue weighted by atomic mass is 16.6. The van der Waals surface area contributed by atoms with Gasteiger partial charge in [-0.25, -0.2) is 0 Å². The number of non-ortho nitro benzene ring substituents is 1. The summed E-state index contributed by atoms with van der Waals surface area (Å²) in [5.41, 5.74) is -1.97. The number of nitrogens with zero attached hydrogens (tertiary/aromatic N) is 4. The van der Waals surface area contributed by atoms with Crippen molar-refractivity contribution in [3.63, 3.8) is 0 Å². The van der Waals surface area contributed by atoms with Crippen LogP contribution in [0.3, 0.4) is 0 Å². The summed E-state index contributed by atoms with van der Waals surface area (Å²) < 4.78 is 0. The fourth-order valence-electron chi connectivity index (χ4n) is 4.16. The molecular formula is C26H26N4O8. The van der Waals surface area contributed by atoms with Gasteiger partial charge in [0, 0.05) is 6.54 Å². The van der Waals surface area contributed by atoms with Gasteiger partial charge in [0.05, 0.1) is 33.0 Å². The quantitative estimate of drug-likeness (QED) is 0.172. The van der Waals surface area contributed by atoms with E-state index in [-0.39, 0.29) is 0 Å². The zero-order valence-corrected chi connectivity index (χ0v) is 20.7. The second kappa shape index (κ2) is 12.0. The number of aliphatic hydroxyl groups excluding tert-OH is 1. The molecule has 198 valence electrons. The van der Waals surface area contributed by atoms with Crippen molar-refractivity contribution in [2.45, 2.75) is 20.0 Å². The summed E-state index contributed by atoms with van der Waals surface area (Å²) in [5, 5.41) is 55.8. The molecular weight excluding hydrogens is 496 g/mol. The first kappa shape index (κ1) is 27.9. The fourth-order valence-corrected chi connectivity index (χ4v) is 4.16. The number of hydrogen-bond donors (Lipinski definition) is 2. The van der Waals surface area contributed by atoms with Crippen LogP contribution in [0, 0.1) is 30.3 Å². The molecule has 0 heterocycles. The van der Waals surface area contributed by atoms with Crippen LogP contribution in [0.15, 0.2) is 66.7 Å². The lowest BCUT2D eigenvalue weighted by Crippen LogP contribution is -2.28. The zero-order valence-electron chi connectivity index (χ0n) is 20.7. The Hall–Kier alpha value is -4.68. The summed E-state index contributed by atoms with van der Waals surface area (Å²) in [7, 11) is 0. The molecule has 38 heavy (non-hydrogen) atoms. The van der Waals surface area contributed by atoms with E-state index in [1.165, 1.54) is 16.2 Å². The van der Waals surface area contributed by atoms with Crippen molar-refractivity contribution in [3.05, 3.63) is 103 Å². The molecule has 2 N–H and O–H groups in total. The van der Waals surface area contributed by atoms with Crippen LogP contribution < -0.4 is 0 Å². The van der Waals surface area contributed by atoms with Crippen LogP contribution in [0.4, 0.5) is 17.1 Å². The minimum Gasteiger partial charge on any atom is -0.497 e. The first-order valence-electron chi connectivity index (χ1n) is 11.7. The molecule has 0 saturated heterocycles. The van der Waals surface area contributed by atoms with E-state index in [4.69, 9.17) is 5.11 Å². The van der Waals surface area contributed by atoms with Crippen LogP contribution in [0.1, 0.15) is 25.5 Å². The van der Waals surface area contributed by atoms with Crippen LogP contribution in [0.2, 0.25) is 0 Å². The van der Waals surface area contributed by atoms with Crippen LogP contribution in [-0.2, 0) is 0 Å². The fraction of sp³-hybridized carbons (Fsp3) is 0.231. The largest absolute Gasteiger partial charge is 0.497 e. The molecule has 0 aliphatic carbocycles. The molecule has 4 aromatic rings. The van der Waals surface area contributed by atoms with Gasteiger partial charge in [-0.3, -0.25) is 30.3 Å². The van der Waals surface area contributed by atoms with E-state index in [2.05, 4.69) is 67.3 Å². The third-order valence-corrected chi connectivity index (χ3v) is 6.14. The predicted molar refractivity (Wildman–Crippen MR) is 142 cm³/mol. The number of likely N-dealkylation sites (N-methyl/N-ethyl adjacent to an activating group) is 1. The van der Waals surface area contributed by atoms with Gasteiger partial charge in [-0.05, 0) is 46.3 Å². The molecule has 0 amide bonds. The lowest BCUT2D eigenvalue weighted by atomic mass is 9.94. The molecule has 12 heteroatoms. The van der Waals surface area contributed by atoms with Gasteiger partial charge >= 0.3 is 11.4 Å². The van der Waals surface area contributed by atoms with Crippen LogP contribution in [0.25, 0.3) is 21.5 Å². The second-order valence-corrected chi connectivity index (χ2v) is 8.34. The molecule has 0 spiro atoms.